The summed E-state index contributed by atoms with van der Waals surface area (Å²) in [6.07, 6.45) is 0. The molecule has 3 heterocycles. The third-order valence-corrected chi connectivity index (χ3v) is 12.7. The number of hydrogen-bond donors (Lipinski definition) is 0. The lowest BCUT2D eigenvalue weighted by Gasteiger charge is -2.15. The lowest BCUT2D eigenvalue weighted by molar-refractivity contribution is 1.18. The van der Waals surface area contributed by atoms with Crippen molar-refractivity contribution in [3.05, 3.63) is 218 Å². The van der Waals surface area contributed by atoms with Gasteiger partial charge in [-0.25, -0.2) is 9.97 Å². The molecule has 0 fully saturated rings. The maximum atomic E-state index is 5.29. The van der Waals surface area contributed by atoms with E-state index in [2.05, 4.69) is 221 Å². The van der Waals surface area contributed by atoms with Crippen LogP contribution in [0, 0.1) is 0 Å². The van der Waals surface area contributed by atoms with Crippen LogP contribution in [0.1, 0.15) is 0 Å². The number of rotatable bonds is 5. The van der Waals surface area contributed by atoms with E-state index in [4.69, 9.17) is 9.97 Å². The molecule has 0 aliphatic heterocycles. The van der Waals surface area contributed by atoms with Crippen molar-refractivity contribution in [3.8, 4) is 45.1 Å². The molecule has 0 aliphatic carbocycles. The Morgan fingerprint density at radius 3 is 1.73 bits per heavy atom. The summed E-state index contributed by atoms with van der Waals surface area (Å²) in [5.41, 5.74) is 13.3. The van der Waals surface area contributed by atoms with Crippen LogP contribution in [-0.2, 0) is 0 Å². The van der Waals surface area contributed by atoms with Crippen molar-refractivity contribution in [2.24, 2.45) is 0 Å². The van der Waals surface area contributed by atoms with E-state index in [0.717, 1.165) is 55.4 Å². The van der Waals surface area contributed by atoms with Crippen LogP contribution in [0.2, 0.25) is 0 Å². The zero-order chi connectivity index (χ0) is 40.7. The van der Waals surface area contributed by atoms with Gasteiger partial charge in [0.1, 0.15) is 0 Å². The fourth-order valence-electron chi connectivity index (χ4n) is 9.92. The molecule has 0 unspecified atom stereocenters. The predicted octanol–water partition coefficient (Wildman–Crippen LogP) is 15.1. The average molecular weight is 789 g/mol. The number of nitrogens with zero attached hydrogens (tertiary/aromatic N) is 4. The summed E-state index contributed by atoms with van der Waals surface area (Å²) in [5.74, 6) is 0.715. The largest absolute Gasteiger partial charge is 0.309 e. The van der Waals surface area contributed by atoms with Gasteiger partial charge in [0, 0.05) is 49.1 Å². The molecule has 13 aromatic rings. The standard InChI is InChI=1S/C58H36N4/c1-3-16-38(17-4-1)57-47-24-11-13-25-50(47)59-58(60-57)46-30-34-52(44-22-10-9-21-43(44)46)62-54-32-29-40(36-49(54)56-42-20-8-7-15-37(42)27-33-55(56)62)39-28-31-53-48(35-39)45-23-12-14-26-51(45)61(53)41-18-5-2-6-19-41/h1-36H. The molecular formula is C58H36N4. The Labute approximate surface area is 357 Å². The number of fused-ring (bicyclic) bond motifs is 10. The molecule has 4 nitrogen and oxygen atoms in total. The Kier molecular flexibility index (Phi) is 7.57. The van der Waals surface area contributed by atoms with E-state index in [1.807, 2.05) is 6.07 Å². The van der Waals surface area contributed by atoms with E-state index in [9.17, 15) is 0 Å². The Balaban J connectivity index is 1.03. The zero-order valence-corrected chi connectivity index (χ0v) is 33.6. The number of hydrogen-bond acceptors (Lipinski definition) is 2. The third kappa shape index (κ3) is 5.20. The van der Waals surface area contributed by atoms with Crippen LogP contribution >= 0.6 is 0 Å². The van der Waals surface area contributed by atoms with Crippen LogP contribution in [0.4, 0.5) is 0 Å². The van der Waals surface area contributed by atoms with E-state index in [-0.39, 0.29) is 0 Å². The fourth-order valence-corrected chi connectivity index (χ4v) is 9.92. The SMILES string of the molecule is c1ccc(-c2nc(-c3ccc(-n4c5ccc(-c6ccc7c(c6)c6ccccc6n7-c6ccccc6)cc5c5c6ccccc6ccc54)c4ccccc34)nc3ccccc23)cc1. The molecule has 0 bridgehead atoms. The highest BCUT2D eigenvalue weighted by molar-refractivity contribution is 6.23. The minimum absolute atomic E-state index is 0.715. The first-order chi connectivity index (χ1) is 30.8. The van der Waals surface area contributed by atoms with Crippen LogP contribution in [0.5, 0.6) is 0 Å². The van der Waals surface area contributed by atoms with E-state index in [1.54, 1.807) is 0 Å². The van der Waals surface area contributed by atoms with E-state index < -0.39 is 0 Å². The maximum absolute atomic E-state index is 5.29. The van der Waals surface area contributed by atoms with Crippen LogP contribution < -0.4 is 0 Å². The Bertz CT molecular complexity index is 3920. The molecule has 0 saturated carbocycles. The van der Waals surface area contributed by atoms with Gasteiger partial charge in [0.2, 0.25) is 0 Å². The van der Waals surface area contributed by atoms with Gasteiger partial charge in [0.25, 0.3) is 0 Å². The van der Waals surface area contributed by atoms with Crippen molar-refractivity contribution in [1.29, 1.82) is 0 Å². The first-order valence-electron chi connectivity index (χ1n) is 21.2. The van der Waals surface area contributed by atoms with Gasteiger partial charge in [-0.05, 0) is 94.0 Å². The van der Waals surface area contributed by atoms with Crippen molar-refractivity contribution in [2.75, 3.05) is 0 Å². The lowest BCUT2D eigenvalue weighted by atomic mass is 9.99. The van der Waals surface area contributed by atoms with Gasteiger partial charge in [-0.3, -0.25) is 0 Å². The molecule has 13 rings (SSSR count). The van der Waals surface area contributed by atoms with Gasteiger partial charge in [-0.1, -0.05) is 152 Å². The highest BCUT2D eigenvalue weighted by atomic mass is 15.0. The van der Waals surface area contributed by atoms with Crippen molar-refractivity contribution >= 4 is 76.1 Å². The molecule has 3 aromatic heterocycles. The van der Waals surface area contributed by atoms with Crippen molar-refractivity contribution < 1.29 is 0 Å². The molecule has 4 heteroatoms. The predicted molar refractivity (Wildman–Crippen MR) is 260 cm³/mol. The summed E-state index contributed by atoms with van der Waals surface area (Å²) in [4.78, 5) is 10.5. The fraction of sp³-hybridized carbons (Fsp3) is 0. The van der Waals surface area contributed by atoms with Crippen LogP contribution in [0.25, 0.3) is 121 Å². The molecule has 0 aliphatic rings. The first-order valence-corrected chi connectivity index (χ1v) is 21.2. The normalized spacial score (nSPS) is 11.9. The summed E-state index contributed by atoms with van der Waals surface area (Å²) in [5, 5.41) is 10.7. The van der Waals surface area contributed by atoms with Crippen LogP contribution in [0.3, 0.4) is 0 Å². The second-order valence-corrected chi connectivity index (χ2v) is 16.1. The smallest absolute Gasteiger partial charge is 0.161 e. The van der Waals surface area contributed by atoms with Gasteiger partial charge in [-0.2, -0.15) is 0 Å². The third-order valence-electron chi connectivity index (χ3n) is 12.7. The summed E-state index contributed by atoms with van der Waals surface area (Å²) in [7, 11) is 0. The first kappa shape index (κ1) is 34.5. The molecule has 0 N–H and O–H groups in total. The highest BCUT2D eigenvalue weighted by Crippen LogP contribution is 2.43. The maximum Gasteiger partial charge on any atom is 0.161 e. The lowest BCUT2D eigenvalue weighted by Crippen LogP contribution is -1.99. The quantitative estimate of drug-likeness (QED) is 0.174. The van der Waals surface area contributed by atoms with Crippen molar-refractivity contribution in [3.63, 3.8) is 0 Å². The van der Waals surface area contributed by atoms with Gasteiger partial charge >= 0.3 is 0 Å². The summed E-state index contributed by atoms with van der Waals surface area (Å²) in [6, 6.07) is 78.6. The zero-order valence-electron chi connectivity index (χ0n) is 33.6. The molecule has 10 aromatic carbocycles. The molecule has 0 saturated heterocycles. The second-order valence-electron chi connectivity index (χ2n) is 16.1. The Morgan fingerprint density at radius 2 is 0.919 bits per heavy atom. The molecule has 0 radical (unpaired) electrons. The monoisotopic (exact) mass is 788 g/mol. The molecule has 0 spiro atoms. The summed E-state index contributed by atoms with van der Waals surface area (Å²) >= 11 is 0. The van der Waals surface area contributed by atoms with Gasteiger partial charge in [0.15, 0.2) is 5.82 Å². The molecule has 288 valence electrons. The highest BCUT2D eigenvalue weighted by Gasteiger charge is 2.21. The van der Waals surface area contributed by atoms with Crippen LogP contribution in [-0.4, -0.2) is 19.1 Å². The Hall–Kier alpha value is -8.34. The number of aromatic nitrogens is 4. The molecular weight excluding hydrogens is 753 g/mol. The van der Waals surface area contributed by atoms with Crippen molar-refractivity contribution in [2.45, 2.75) is 0 Å². The second kappa shape index (κ2) is 13.6. The van der Waals surface area contributed by atoms with Gasteiger partial charge in [0.05, 0.1) is 39.0 Å². The molecule has 0 atom stereocenters. The van der Waals surface area contributed by atoms with Gasteiger partial charge in [-0.15, -0.1) is 0 Å². The van der Waals surface area contributed by atoms with E-state index in [1.165, 1.54) is 60.0 Å². The van der Waals surface area contributed by atoms with E-state index >= 15 is 0 Å². The topological polar surface area (TPSA) is 35.6 Å². The minimum atomic E-state index is 0.715. The average Bonchev–Trinajstić information content (AvgIpc) is 3.86. The molecule has 0 amide bonds. The van der Waals surface area contributed by atoms with Crippen LogP contribution in [0.15, 0.2) is 218 Å². The number of benzene rings is 10. The van der Waals surface area contributed by atoms with Gasteiger partial charge < -0.3 is 9.13 Å². The number of para-hydroxylation sites is 3. The summed E-state index contributed by atoms with van der Waals surface area (Å²) < 4.78 is 4.83. The van der Waals surface area contributed by atoms with E-state index in [0.29, 0.717) is 5.82 Å². The Morgan fingerprint density at radius 1 is 0.323 bits per heavy atom. The minimum Gasteiger partial charge on any atom is -0.309 e. The summed E-state index contributed by atoms with van der Waals surface area (Å²) in [6.45, 7) is 0. The van der Waals surface area contributed by atoms with Crippen molar-refractivity contribution in [1.82, 2.24) is 19.1 Å². The molecule has 62 heavy (non-hydrogen) atoms.